The summed E-state index contributed by atoms with van der Waals surface area (Å²) in [4.78, 5) is 2.01. The highest BCUT2D eigenvalue weighted by Gasteiger charge is 2.20. The molecule has 2 heterocycles. The molecule has 1 aliphatic heterocycles. The summed E-state index contributed by atoms with van der Waals surface area (Å²) >= 11 is 0. The Morgan fingerprint density at radius 1 is 1.50 bits per heavy atom. The van der Waals surface area contributed by atoms with Crippen molar-refractivity contribution < 1.29 is 9.15 Å². The summed E-state index contributed by atoms with van der Waals surface area (Å²) in [5.74, 6) is 1.18. The van der Waals surface area contributed by atoms with Gasteiger partial charge in [0.05, 0.1) is 12.6 Å². The van der Waals surface area contributed by atoms with Crippen LogP contribution >= 0.6 is 0 Å². The van der Waals surface area contributed by atoms with Crippen LogP contribution in [0.5, 0.6) is 0 Å². The molecule has 1 aliphatic rings. The zero-order valence-corrected chi connectivity index (χ0v) is 11.3. The van der Waals surface area contributed by atoms with Crippen molar-refractivity contribution in [1.29, 1.82) is 0 Å². The summed E-state index contributed by atoms with van der Waals surface area (Å²) in [5, 5.41) is 11.2. The molecule has 0 bridgehead atoms. The van der Waals surface area contributed by atoms with Gasteiger partial charge in [-0.15, -0.1) is 5.10 Å². The van der Waals surface area contributed by atoms with Gasteiger partial charge in [0.1, 0.15) is 0 Å². The Kier molecular flexibility index (Phi) is 4.54. The van der Waals surface area contributed by atoms with Crippen molar-refractivity contribution in [3.8, 4) is 0 Å². The number of nitrogens with zero attached hydrogens (tertiary/aromatic N) is 3. The fraction of sp³-hybridized carbons (Fsp3) is 0.833. The van der Waals surface area contributed by atoms with Crippen LogP contribution in [-0.4, -0.2) is 44.1 Å². The van der Waals surface area contributed by atoms with E-state index in [-0.39, 0.29) is 6.04 Å². The number of ether oxygens (including phenoxy) is 1. The van der Waals surface area contributed by atoms with Gasteiger partial charge in [-0.2, -0.15) is 0 Å². The minimum absolute atomic E-state index is 0.0812. The average molecular weight is 254 g/mol. The number of hydrogen-bond donors (Lipinski definition) is 1. The predicted molar refractivity (Wildman–Crippen MR) is 68.6 cm³/mol. The van der Waals surface area contributed by atoms with Crippen LogP contribution in [0.15, 0.2) is 4.42 Å². The van der Waals surface area contributed by atoms with Crippen LogP contribution in [-0.2, 0) is 4.74 Å². The van der Waals surface area contributed by atoms with E-state index in [2.05, 4.69) is 15.5 Å². The fourth-order valence-corrected chi connectivity index (χ4v) is 2.10. The summed E-state index contributed by atoms with van der Waals surface area (Å²) in [6.45, 7) is 4.62. The summed E-state index contributed by atoms with van der Waals surface area (Å²) in [6, 6.07) is 0.662. The van der Waals surface area contributed by atoms with Gasteiger partial charge in [-0.1, -0.05) is 5.10 Å². The number of hydrogen-bond acceptors (Lipinski definition) is 6. The van der Waals surface area contributed by atoms with Crippen LogP contribution < -0.4 is 10.2 Å². The first kappa shape index (κ1) is 13.3. The molecule has 0 saturated carbocycles. The first-order valence-corrected chi connectivity index (χ1v) is 6.50. The number of nitrogens with one attached hydrogen (secondary N) is 1. The van der Waals surface area contributed by atoms with Gasteiger partial charge in [0, 0.05) is 26.1 Å². The van der Waals surface area contributed by atoms with Gasteiger partial charge in [-0.25, -0.2) is 0 Å². The van der Waals surface area contributed by atoms with Crippen molar-refractivity contribution in [3.05, 3.63) is 5.89 Å². The molecule has 0 radical (unpaired) electrons. The molecule has 6 heteroatoms. The number of anilines is 1. The summed E-state index contributed by atoms with van der Waals surface area (Å²) < 4.78 is 11.1. The average Bonchev–Trinajstić information content (AvgIpc) is 2.88. The second-order valence-corrected chi connectivity index (χ2v) is 4.90. The van der Waals surface area contributed by atoms with Crippen LogP contribution in [0.25, 0.3) is 0 Å². The lowest BCUT2D eigenvalue weighted by Crippen LogP contribution is -2.31. The summed E-state index contributed by atoms with van der Waals surface area (Å²) in [5.41, 5.74) is 0. The first-order chi connectivity index (χ1) is 8.70. The van der Waals surface area contributed by atoms with E-state index in [1.807, 2.05) is 25.9 Å². The third-order valence-electron chi connectivity index (χ3n) is 3.35. The van der Waals surface area contributed by atoms with Gasteiger partial charge in [-0.3, -0.25) is 0 Å². The standard InChI is InChI=1S/C12H22N4O2/c1-9(13-2)11-14-15-12(18-11)16(3)7-10-5-4-6-17-8-10/h9-10,13H,4-8H2,1-3H3. The molecule has 0 aromatic carbocycles. The van der Waals surface area contributed by atoms with Gasteiger partial charge in [0.25, 0.3) is 0 Å². The maximum absolute atomic E-state index is 5.64. The highest BCUT2D eigenvalue weighted by Crippen LogP contribution is 2.19. The molecule has 2 unspecified atom stereocenters. The van der Waals surface area contributed by atoms with Crippen molar-refractivity contribution in [2.24, 2.45) is 5.92 Å². The molecule has 1 aromatic heterocycles. The van der Waals surface area contributed by atoms with E-state index in [0.29, 0.717) is 17.8 Å². The predicted octanol–water partition coefficient (Wildman–Crippen LogP) is 1.21. The molecule has 0 spiro atoms. The van der Waals surface area contributed by atoms with E-state index >= 15 is 0 Å². The molecule has 18 heavy (non-hydrogen) atoms. The van der Waals surface area contributed by atoms with Crippen molar-refractivity contribution in [3.63, 3.8) is 0 Å². The van der Waals surface area contributed by atoms with Crippen LogP contribution in [0, 0.1) is 5.92 Å². The number of rotatable bonds is 5. The Morgan fingerprint density at radius 3 is 3.00 bits per heavy atom. The minimum Gasteiger partial charge on any atom is -0.406 e. The molecule has 1 N–H and O–H groups in total. The largest absolute Gasteiger partial charge is 0.406 e. The quantitative estimate of drug-likeness (QED) is 0.852. The van der Waals surface area contributed by atoms with E-state index in [4.69, 9.17) is 9.15 Å². The molecule has 6 nitrogen and oxygen atoms in total. The smallest absolute Gasteiger partial charge is 0.317 e. The van der Waals surface area contributed by atoms with Gasteiger partial charge < -0.3 is 19.4 Å². The van der Waals surface area contributed by atoms with Crippen molar-refractivity contribution in [1.82, 2.24) is 15.5 Å². The second kappa shape index (κ2) is 6.15. The number of aromatic nitrogens is 2. The molecule has 1 saturated heterocycles. The maximum atomic E-state index is 5.64. The zero-order valence-electron chi connectivity index (χ0n) is 11.3. The van der Waals surface area contributed by atoms with Gasteiger partial charge in [-0.05, 0) is 26.8 Å². The van der Waals surface area contributed by atoms with E-state index in [1.54, 1.807) is 0 Å². The zero-order chi connectivity index (χ0) is 13.0. The van der Waals surface area contributed by atoms with Crippen molar-refractivity contribution in [2.75, 3.05) is 38.8 Å². The lowest BCUT2D eigenvalue weighted by molar-refractivity contribution is 0.0573. The Balaban J connectivity index is 1.91. The van der Waals surface area contributed by atoms with Crippen LogP contribution in [0.3, 0.4) is 0 Å². The monoisotopic (exact) mass is 254 g/mol. The first-order valence-electron chi connectivity index (χ1n) is 6.50. The SMILES string of the molecule is CNC(C)c1nnc(N(C)CC2CCCOC2)o1. The summed E-state index contributed by atoms with van der Waals surface area (Å²) in [6.07, 6.45) is 2.35. The highest BCUT2D eigenvalue weighted by atomic mass is 16.5. The lowest BCUT2D eigenvalue weighted by Gasteiger charge is -2.25. The van der Waals surface area contributed by atoms with Crippen LogP contribution in [0.2, 0.25) is 0 Å². The Morgan fingerprint density at radius 2 is 2.33 bits per heavy atom. The van der Waals surface area contributed by atoms with E-state index in [1.165, 1.54) is 6.42 Å². The fourth-order valence-electron chi connectivity index (χ4n) is 2.10. The topological polar surface area (TPSA) is 63.4 Å². The van der Waals surface area contributed by atoms with E-state index in [9.17, 15) is 0 Å². The molecule has 0 aliphatic carbocycles. The Labute approximate surface area is 108 Å². The lowest BCUT2D eigenvalue weighted by atomic mass is 10.0. The molecule has 102 valence electrons. The molecule has 0 amide bonds. The molecule has 1 fully saturated rings. The molecular weight excluding hydrogens is 232 g/mol. The Bertz CT molecular complexity index is 363. The molecule has 2 atom stereocenters. The van der Waals surface area contributed by atoms with Gasteiger partial charge >= 0.3 is 6.01 Å². The highest BCUT2D eigenvalue weighted by molar-refractivity contribution is 5.22. The van der Waals surface area contributed by atoms with Crippen LogP contribution in [0.4, 0.5) is 6.01 Å². The van der Waals surface area contributed by atoms with Crippen molar-refractivity contribution >= 4 is 6.01 Å². The third kappa shape index (κ3) is 3.20. The molecule has 2 rings (SSSR count). The van der Waals surface area contributed by atoms with Crippen molar-refractivity contribution in [2.45, 2.75) is 25.8 Å². The Hall–Kier alpha value is -1.14. The minimum atomic E-state index is 0.0812. The van der Waals surface area contributed by atoms with Gasteiger partial charge in [0.2, 0.25) is 5.89 Å². The second-order valence-electron chi connectivity index (χ2n) is 4.90. The van der Waals surface area contributed by atoms with Gasteiger partial charge in [0.15, 0.2) is 0 Å². The third-order valence-corrected chi connectivity index (χ3v) is 3.35. The molecule has 1 aromatic rings. The van der Waals surface area contributed by atoms with E-state index in [0.717, 1.165) is 26.2 Å². The summed E-state index contributed by atoms with van der Waals surface area (Å²) in [7, 11) is 3.85. The molecular formula is C12H22N4O2. The van der Waals surface area contributed by atoms with E-state index < -0.39 is 0 Å². The maximum Gasteiger partial charge on any atom is 0.317 e. The van der Waals surface area contributed by atoms with Crippen LogP contribution in [0.1, 0.15) is 31.7 Å². The normalized spacial score (nSPS) is 21.8.